The molecule has 4 nitrogen and oxygen atoms in total. The molecule has 0 fully saturated rings. The molecular formula is C17H24N2O2. The third-order valence-electron chi connectivity index (χ3n) is 3.48. The number of nitrogens with one attached hydrogen (secondary N) is 1. The van der Waals surface area contributed by atoms with Crippen LogP contribution >= 0.6 is 0 Å². The van der Waals surface area contributed by atoms with Gasteiger partial charge in [0.15, 0.2) is 5.89 Å². The minimum atomic E-state index is 0.222. The van der Waals surface area contributed by atoms with Crippen LogP contribution in [0.3, 0.4) is 0 Å². The smallest absolute Gasteiger partial charge is 0.194 e. The predicted octanol–water partition coefficient (Wildman–Crippen LogP) is 3.79. The summed E-state index contributed by atoms with van der Waals surface area (Å²) in [7, 11) is 0. The molecule has 0 aliphatic rings. The molecule has 2 aromatic rings. The van der Waals surface area contributed by atoms with E-state index < -0.39 is 0 Å². The topological polar surface area (TPSA) is 47.3 Å². The van der Waals surface area contributed by atoms with Crippen LogP contribution in [0.2, 0.25) is 0 Å². The van der Waals surface area contributed by atoms with Gasteiger partial charge in [0.1, 0.15) is 11.5 Å². The van der Waals surface area contributed by atoms with E-state index in [1.807, 2.05) is 32.9 Å². The highest BCUT2D eigenvalue weighted by Crippen LogP contribution is 2.20. The lowest BCUT2D eigenvalue weighted by atomic mass is 10.1. The molecule has 114 valence electrons. The summed E-state index contributed by atoms with van der Waals surface area (Å²) in [5.74, 6) is 2.63. The van der Waals surface area contributed by atoms with Crippen molar-refractivity contribution >= 4 is 0 Å². The van der Waals surface area contributed by atoms with Gasteiger partial charge in [-0.2, -0.15) is 0 Å². The second kappa shape index (κ2) is 7.27. The molecule has 1 N–H and O–H groups in total. The van der Waals surface area contributed by atoms with Gasteiger partial charge in [-0.25, -0.2) is 4.98 Å². The van der Waals surface area contributed by atoms with Crippen molar-refractivity contribution in [2.75, 3.05) is 6.61 Å². The van der Waals surface area contributed by atoms with Crippen molar-refractivity contribution in [3.05, 3.63) is 47.2 Å². The highest BCUT2D eigenvalue weighted by molar-refractivity contribution is 5.30. The Morgan fingerprint density at radius 1 is 1.33 bits per heavy atom. The SMILES string of the molecule is CCOc1cccc(C(C)NCc2oc(CC)nc2C)c1. The maximum absolute atomic E-state index is 5.71. The number of aryl methyl sites for hydroxylation is 2. The summed E-state index contributed by atoms with van der Waals surface area (Å²) in [6, 6.07) is 8.40. The first-order valence-corrected chi connectivity index (χ1v) is 7.55. The summed E-state index contributed by atoms with van der Waals surface area (Å²) >= 11 is 0. The van der Waals surface area contributed by atoms with Gasteiger partial charge < -0.3 is 14.5 Å². The number of rotatable bonds is 7. The van der Waals surface area contributed by atoms with Gasteiger partial charge >= 0.3 is 0 Å². The lowest BCUT2D eigenvalue weighted by Gasteiger charge is -2.14. The van der Waals surface area contributed by atoms with Crippen LogP contribution in [-0.2, 0) is 13.0 Å². The van der Waals surface area contributed by atoms with Gasteiger partial charge in [-0.1, -0.05) is 19.1 Å². The Kier molecular flexibility index (Phi) is 5.39. The summed E-state index contributed by atoms with van der Waals surface area (Å²) in [6.45, 7) is 9.52. The number of hydrogen-bond donors (Lipinski definition) is 1. The fraction of sp³-hybridized carbons (Fsp3) is 0.471. The van der Waals surface area contributed by atoms with Crippen molar-refractivity contribution in [3.8, 4) is 5.75 Å². The van der Waals surface area contributed by atoms with Crippen molar-refractivity contribution in [1.29, 1.82) is 0 Å². The fourth-order valence-corrected chi connectivity index (χ4v) is 2.21. The van der Waals surface area contributed by atoms with Crippen molar-refractivity contribution in [1.82, 2.24) is 10.3 Å². The third-order valence-corrected chi connectivity index (χ3v) is 3.48. The largest absolute Gasteiger partial charge is 0.494 e. The van der Waals surface area contributed by atoms with E-state index in [-0.39, 0.29) is 6.04 Å². The molecule has 1 unspecified atom stereocenters. The quantitative estimate of drug-likeness (QED) is 0.842. The van der Waals surface area contributed by atoms with E-state index in [1.165, 1.54) is 5.56 Å². The van der Waals surface area contributed by atoms with Crippen LogP contribution in [0.25, 0.3) is 0 Å². The van der Waals surface area contributed by atoms with Crippen LogP contribution in [0.15, 0.2) is 28.7 Å². The Bertz CT molecular complexity index is 578. The van der Waals surface area contributed by atoms with E-state index in [2.05, 4.69) is 29.4 Å². The monoisotopic (exact) mass is 288 g/mol. The molecule has 0 spiro atoms. The average Bonchev–Trinajstić information content (AvgIpc) is 2.86. The van der Waals surface area contributed by atoms with Crippen LogP contribution in [0.4, 0.5) is 0 Å². The van der Waals surface area contributed by atoms with E-state index in [0.717, 1.165) is 29.5 Å². The first kappa shape index (κ1) is 15.6. The first-order chi connectivity index (χ1) is 10.1. The fourth-order valence-electron chi connectivity index (χ4n) is 2.21. The molecule has 4 heteroatoms. The van der Waals surface area contributed by atoms with Crippen molar-refractivity contribution < 1.29 is 9.15 Å². The molecule has 1 aromatic heterocycles. The Morgan fingerprint density at radius 2 is 2.14 bits per heavy atom. The maximum atomic E-state index is 5.71. The second-order valence-electron chi connectivity index (χ2n) is 5.08. The first-order valence-electron chi connectivity index (χ1n) is 7.55. The molecule has 1 aromatic carbocycles. The molecule has 2 rings (SSSR count). The predicted molar refractivity (Wildman–Crippen MR) is 83.5 cm³/mol. The van der Waals surface area contributed by atoms with Gasteiger partial charge in [0.25, 0.3) is 0 Å². The van der Waals surface area contributed by atoms with E-state index in [4.69, 9.17) is 9.15 Å². The molecule has 0 radical (unpaired) electrons. The van der Waals surface area contributed by atoms with Gasteiger partial charge in [-0.15, -0.1) is 0 Å². The van der Waals surface area contributed by atoms with Gasteiger partial charge in [0.05, 0.1) is 18.8 Å². The highest BCUT2D eigenvalue weighted by atomic mass is 16.5. The number of nitrogens with zero attached hydrogens (tertiary/aromatic N) is 1. The summed E-state index contributed by atoms with van der Waals surface area (Å²) in [4.78, 5) is 4.39. The lowest BCUT2D eigenvalue weighted by Crippen LogP contribution is -2.18. The van der Waals surface area contributed by atoms with E-state index in [0.29, 0.717) is 13.2 Å². The molecule has 0 amide bonds. The zero-order chi connectivity index (χ0) is 15.2. The average molecular weight is 288 g/mol. The third kappa shape index (κ3) is 4.08. The molecule has 0 bridgehead atoms. The van der Waals surface area contributed by atoms with Crippen LogP contribution in [0.1, 0.15) is 49.7 Å². The molecule has 0 aliphatic heterocycles. The van der Waals surface area contributed by atoms with Crippen LogP contribution in [0.5, 0.6) is 5.75 Å². The number of ether oxygens (including phenoxy) is 1. The summed E-state index contributed by atoms with van der Waals surface area (Å²) in [6.07, 6.45) is 0.826. The van der Waals surface area contributed by atoms with Gasteiger partial charge in [0, 0.05) is 12.5 Å². The Hall–Kier alpha value is -1.81. The molecule has 0 aliphatic carbocycles. The van der Waals surface area contributed by atoms with E-state index in [1.54, 1.807) is 0 Å². The summed E-state index contributed by atoms with van der Waals surface area (Å²) < 4.78 is 11.3. The maximum Gasteiger partial charge on any atom is 0.194 e. The highest BCUT2D eigenvalue weighted by Gasteiger charge is 2.11. The van der Waals surface area contributed by atoms with Crippen LogP contribution in [-0.4, -0.2) is 11.6 Å². The zero-order valence-electron chi connectivity index (χ0n) is 13.3. The zero-order valence-corrected chi connectivity index (χ0v) is 13.3. The number of aromatic nitrogens is 1. The Balaban J connectivity index is 1.99. The summed E-state index contributed by atoms with van der Waals surface area (Å²) in [5, 5.41) is 3.47. The van der Waals surface area contributed by atoms with Crippen molar-refractivity contribution in [2.45, 2.75) is 46.7 Å². The minimum absolute atomic E-state index is 0.222. The van der Waals surface area contributed by atoms with Crippen LogP contribution < -0.4 is 10.1 Å². The molecule has 21 heavy (non-hydrogen) atoms. The van der Waals surface area contributed by atoms with Crippen molar-refractivity contribution in [3.63, 3.8) is 0 Å². The van der Waals surface area contributed by atoms with Crippen molar-refractivity contribution in [2.24, 2.45) is 0 Å². The van der Waals surface area contributed by atoms with E-state index >= 15 is 0 Å². The minimum Gasteiger partial charge on any atom is -0.494 e. The standard InChI is InChI=1S/C17H24N2O2/c1-5-17-19-13(4)16(21-17)11-18-12(3)14-8-7-9-15(10-14)20-6-2/h7-10,12,18H,5-6,11H2,1-4H3. The number of oxazole rings is 1. The van der Waals surface area contributed by atoms with E-state index in [9.17, 15) is 0 Å². The number of hydrogen-bond acceptors (Lipinski definition) is 4. The van der Waals surface area contributed by atoms with Crippen LogP contribution in [0, 0.1) is 6.92 Å². The van der Waals surface area contributed by atoms with Gasteiger partial charge in [-0.05, 0) is 38.5 Å². The normalized spacial score (nSPS) is 12.4. The Labute approximate surface area is 126 Å². The second-order valence-corrected chi connectivity index (χ2v) is 5.08. The van der Waals surface area contributed by atoms with Gasteiger partial charge in [-0.3, -0.25) is 0 Å². The Morgan fingerprint density at radius 3 is 2.81 bits per heavy atom. The molecule has 1 heterocycles. The number of benzene rings is 1. The summed E-state index contributed by atoms with van der Waals surface area (Å²) in [5.41, 5.74) is 2.17. The molecular weight excluding hydrogens is 264 g/mol. The molecule has 0 saturated carbocycles. The lowest BCUT2D eigenvalue weighted by molar-refractivity contribution is 0.339. The van der Waals surface area contributed by atoms with Gasteiger partial charge in [0.2, 0.25) is 0 Å². The molecule has 0 saturated heterocycles. The molecule has 1 atom stereocenters.